The first-order valence-electron chi connectivity index (χ1n) is 8.69. The van der Waals surface area contributed by atoms with Gasteiger partial charge < -0.3 is 31.1 Å². The summed E-state index contributed by atoms with van der Waals surface area (Å²) in [6.45, 7) is 1.34. The summed E-state index contributed by atoms with van der Waals surface area (Å²) in [6, 6.07) is 2.12. The minimum atomic E-state index is -3.88. The number of nitrogens with one attached hydrogen (secondary N) is 1. The second-order valence-corrected chi connectivity index (χ2v) is 8.86. The molecule has 1 atom stereocenters. The molecular weight excluding hydrogens is 453 g/mol. The molecule has 3 rings (SSSR count). The third-order valence-corrected chi connectivity index (χ3v) is 6.21. The molecule has 0 aliphatic carbocycles. The zero-order chi connectivity index (χ0) is 23.9. The number of sulfonamides is 1. The fourth-order valence-corrected chi connectivity index (χ4v) is 4.20. The van der Waals surface area contributed by atoms with Gasteiger partial charge in [0.1, 0.15) is 34.3 Å². The molecule has 0 saturated heterocycles. The van der Waals surface area contributed by atoms with Crippen molar-refractivity contribution in [1.82, 2.24) is 19.3 Å². The lowest BCUT2D eigenvalue weighted by Crippen LogP contribution is -2.50. The van der Waals surface area contributed by atoms with Crippen LogP contribution in [-0.2, 0) is 15.6 Å². The molecule has 2 aromatic rings. The Balaban J connectivity index is 1.86. The van der Waals surface area contributed by atoms with Gasteiger partial charge in [0.15, 0.2) is 0 Å². The molecule has 0 bridgehead atoms. The van der Waals surface area contributed by atoms with Crippen LogP contribution in [0.2, 0.25) is 0 Å². The Kier molecular flexibility index (Phi) is 5.73. The summed E-state index contributed by atoms with van der Waals surface area (Å²) in [6.07, 6.45) is -1.75. The largest absolute Gasteiger partial charge is 0.454 e. The van der Waals surface area contributed by atoms with E-state index in [1.54, 1.807) is 0 Å². The third kappa shape index (κ3) is 4.88. The van der Waals surface area contributed by atoms with E-state index in [0.29, 0.717) is 0 Å². The number of nitrogens with zero attached hydrogens (tertiary/aromatic N) is 5. The monoisotopic (exact) mass is 471 g/mol. The lowest BCUT2D eigenvalue weighted by atomic mass is 10.00. The van der Waals surface area contributed by atoms with E-state index in [-0.39, 0.29) is 23.2 Å². The molecule has 14 nitrogen and oxygen atoms in total. The number of nitrogens with two attached hydrogens (primary N) is 1. The zero-order valence-corrected chi connectivity index (χ0v) is 17.4. The highest BCUT2D eigenvalue weighted by atomic mass is 32.2. The van der Waals surface area contributed by atoms with Crippen LogP contribution in [0, 0.1) is 5.82 Å². The van der Waals surface area contributed by atoms with Crippen LogP contribution in [-0.4, -0.2) is 73.8 Å². The molecule has 6 N–H and O–H groups in total. The van der Waals surface area contributed by atoms with E-state index in [1.165, 1.54) is 14.0 Å². The van der Waals surface area contributed by atoms with Crippen molar-refractivity contribution in [2.75, 3.05) is 18.1 Å². The summed E-state index contributed by atoms with van der Waals surface area (Å²) in [5.74, 6) is -3.27. The maximum absolute atomic E-state index is 14.5. The van der Waals surface area contributed by atoms with Gasteiger partial charge in [-0.05, 0) is 19.1 Å². The summed E-state index contributed by atoms with van der Waals surface area (Å²) in [7, 11) is -2.66. The molecule has 32 heavy (non-hydrogen) atoms. The molecule has 2 aromatic heterocycles. The van der Waals surface area contributed by atoms with Gasteiger partial charge in [-0.2, -0.15) is 0 Å². The average molecular weight is 471 g/mol. The van der Waals surface area contributed by atoms with Crippen LogP contribution in [0.4, 0.5) is 10.2 Å². The Bertz CT molecular complexity index is 1180. The van der Waals surface area contributed by atoms with E-state index in [4.69, 9.17) is 21.1 Å². The number of amides is 1. The molecule has 1 aliphatic rings. The minimum Gasteiger partial charge on any atom is -0.397 e. The standard InChI is InChI=1S/C16H18FN7O7S/c1-15(7-32(29,30)24(2)14(18)23-15)12-8(17)3-4-10(21-12)22-13(25)9-5-20-11(6-19-9)31-16(26,27)28/h3-6,26-28H,7H2,1-2H3,(H2,18,23)(H,21,22,25)/t15-/m0/s1. The Hall–Kier alpha value is -3.47. The summed E-state index contributed by atoms with van der Waals surface area (Å²) in [4.78, 5) is 27.7. The first kappa shape index (κ1) is 23.2. The fraction of sp³-hybridized carbons (Fsp3) is 0.312. The Morgan fingerprint density at radius 1 is 1.31 bits per heavy atom. The number of aliphatic imine (C=N–C) groups is 1. The summed E-state index contributed by atoms with van der Waals surface area (Å²) in [5.41, 5.74) is 3.40. The van der Waals surface area contributed by atoms with E-state index in [0.717, 1.165) is 28.8 Å². The summed E-state index contributed by atoms with van der Waals surface area (Å²) >= 11 is 0. The maximum Gasteiger partial charge on any atom is 0.454 e. The number of carbonyl (C=O) groups is 1. The average Bonchev–Trinajstić information content (AvgIpc) is 2.66. The van der Waals surface area contributed by atoms with Crippen molar-refractivity contribution < 1.29 is 37.7 Å². The number of rotatable bonds is 5. The third-order valence-electron chi connectivity index (χ3n) is 4.26. The summed E-state index contributed by atoms with van der Waals surface area (Å²) in [5, 5.41) is 28.5. The number of hydrogen-bond acceptors (Lipinski definition) is 12. The second-order valence-electron chi connectivity index (χ2n) is 6.86. The van der Waals surface area contributed by atoms with Gasteiger partial charge in [0.2, 0.25) is 21.9 Å². The van der Waals surface area contributed by atoms with Crippen LogP contribution >= 0.6 is 0 Å². The first-order valence-corrected chi connectivity index (χ1v) is 10.3. The molecule has 0 aromatic carbocycles. The van der Waals surface area contributed by atoms with E-state index < -0.39 is 45.1 Å². The lowest BCUT2D eigenvalue weighted by molar-refractivity contribution is -0.420. The molecule has 172 valence electrons. The van der Waals surface area contributed by atoms with Crippen LogP contribution < -0.4 is 15.8 Å². The second kappa shape index (κ2) is 7.90. The maximum atomic E-state index is 14.5. The van der Waals surface area contributed by atoms with Crippen LogP contribution in [0.15, 0.2) is 29.5 Å². The van der Waals surface area contributed by atoms with Crippen LogP contribution in [0.5, 0.6) is 5.88 Å². The van der Waals surface area contributed by atoms with Crippen molar-refractivity contribution in [2.24, 2.45) is 10.7 Å². The van der Waals surface area contributed by atoms with E-state index in [2.05, 4.69) is 30.0 Å². The molecule has 16 heteroatoms. The van der Waals surface area contributed by atoms with Crippen molar-refractivity contribution in [3.8, 4) is 5.88 Å². The van der Waals surface area contributed by atoms with Crippen molar-refractivity contribution in [2.45, 2.75) is 18.6 Å². The number of hydrogen-bond donors (Lipinski definition) is 5. The van der Waals surface area contributed by atoms with Gasteiger partial charge >= 0.3 is 6.16 Å². The molecule has 3 heterocycles. The van der Waals surface area contributed by atoms with Crippen LogP contribution in [0.25, 0.3) is 0 Å². The molecular formula is C16H18FN7O7S. The minimum absolute atomic E-state index is 0.139. The van der Waals surface area contributed by atoms with E-state index in [9.17, 15) is 17.6 Å². The first-order chi connectivity index (χ1) is 14.7. The van der Waals surface area contributed by atoms with Gasteiger partial charge in [0.05, 0.1) is 12.4 Å². The van der Waals surface area contributed by atoms with Crippen molar-refractivity contribution >= 4 is 27.7 Å². The normalized spacial score (nSPS) is 20.4. The Morgan fingerprint density at radius 2 is 2.00 bits per heavy atom. The number of ether oxygens (including phenoxy) is 1. The zero-order valence-electron chi connectivity index (χ0n) is 16.6. The Morgan fingerprint density at radius 3 is 2.56 bits per heavy atom. The molecule has 0 spiro atoms. The SMILES string of the molecule is CN1C(N)=N[C@](C)(c2nc(NC(=O)c3cnc(OC(O)(O)O)cn3)ccc2F)CS1(=O)=O. The highest BCUT2D eigenvalue weighted by Gasteiger charge is 2.43. The number of guanidine groups is 1. The van der Waals surface area contributed by atoms with Gasteiger partial charge in [0.25, 0.3) is 5.91 Å². The van der Waals surface area contributed by atoms with E-state index in [1.807, 2.05) is 0 Å². The molecule has 0 unspecified atom stereocenters. The smallest absolute Gasteiger partial charge is 0.397 e. The molecule has 0 fully saturated rings. The van der Waals surface area contributed by atoms with Gasteiger partial charge in [0, 0.05) is 7.05 Å². The molecule has 0 radical (unpaired) electrons. The van der Waals surface area contributed by atoms with E-state index >= 15 is 0 Å². The Labute approximate surface area is 180 Å². The topological polar surface area (TPSA) is 213 Å². The van der Waals surface area contributed by atoms with Gasteiger partial charge in [-0.1, -0.05) is 0 Å². The number of carbonyl (C=O) groups excluding carboxylic acids is 1. The number of pyridine rings is 1. The van der Waals surface area contributed by atoms with Crippen LogP contribution in [0.3, 0.4) is 0 Å². The molecule has 1 aliphatic heterocycles. The van der Waals surface area contributed by atoms with Crippen molar-refractivity contribution in [3.63, 3.8) is 0 Å². The van der Waals surface area contributed by atoms with Gasteiger partial charge in [-0.15, -0.1) is 0 Å². The molecule has 0 saturated carbocycles. The number of aromatic nitrogens is 3. The number of aliphatic hydroxyl groups is 3. The highest BCUT2D eigenvalue weighted by molar-refractivity contribution is 7.89. The van der Waals surface area contributed by atoms with Gasteiger partial charge in [-0.25, -0.2) is 37.1 Å². The number of halogens is 1. The fourth-order valence-electron chi connectivity index (χ4n) is 2.77. The summed E-state index contributed by atoms with van der Waals surface area (Å²) < 4.78 is 44.2. The molecule has 1 amide bonds. The predicted molar refractivity (Wildman–Crippen MR) is 105 cm³/mol. The van der Waals surface area contributed by atoms with Gasteiger partial charge in [-0.3, -0.25) is 4.79 Å². The number of anilines is 1. The highest BCUT2D eigenvalue weighted by Crippen LogP contribution is 2.32. The van der Waals surface area contributed by atoms with Crippen molar-refractivity contribution in [3.05, 3.63) is 41.7 Å². The van der Waals surface area contributed by atoms with Crippen LogP contribution in [0.1, 0.15) is 23.1 Å². The predicted octanol–water partition coefficient (Wildman–Crippen LogP) is -1.96. The van der Waals surface area contributed by atoms with Crippen molar-refractivity contribution in [1.29, 1.82) is 0 Å². The quantitative estimate of drug-likeness (QED) is 0.302. The lowest BCUT2D eigenvalue weighted by Gasteiger charge is -2.33.